The van der Waals surface area contributed by atoms with Crippen molar-refractivity contribution in [2.75, 3.05) is 12.4 Å². The molecule has 0 aliphatic heterocycles. The quantitative estimate of drug-likeness (QED) is 0.375. The van der Waals surface area contributed by atoms with Crippen molar-refractivity contribution in [2.45, 2.75) is 76.5 Å². The van der Waals surface area contributed by atoms with Gasteiger partial charge in [-0.25, -0.2) is 4.98 Å². The Morgan fingerprint density at radius 3 is 2.52 bits per heavy atom. The van der Waals surface area contributed by atoms with Crippen LogP contribution in [0.2, 0.25) is 0 Å². The summed E-state index contributed by atoms with van der Waals surface area (Å²) in [5.74, 6) is 0.959. The predicted molar refractivity (Wildman–Crippen MR) is 114 cm³/mol. The summed E-state index contributed by atoms with van der Waals surface area (Å²) in [6, 6.07) is 5.80. The first-order chi connectivity index (χ1) is 12.6. The number of aromatic nitrogens is 1. The van der Waals surface area contributed by atoms with Gasteiger partial charge in [-0.05, 0) is 70.4 Å². The Labute approximate surface area is 171 Å². The van der Waals surface area contributed by atoms with Crippen molar-refractivity contribution in [1.29, 1.82) is 0 Å². The maximum Gasteiger partial charge on any atom is 0.221 e. The molecule has 0 unspecified atom stereocenters. The highest BCUT2D eigenvalue weighted by Crippen LogP contribution is 2.29. The Kier molecular flexibility index (Phi) is 10.4. The van der Waals surface area contributed by atoms with Crippen LogP contribution in [0.3, 0.4) is 0 Å². The average Bonchev–Trinajstić information content (AvgIpc) is 2.57. The highest BCUT2D eigenvalue weighted by Gasteiger charge is 2.23. The summed E-state index contributed by atoms with van der Waals surface area (Å²) in [7, 11) is 3.22. The fourth-order valence-electron chi connectivity index (χ4n) is 2.27. The van der Waals surface area contributed by atoms with Gasteiger partial charge in [-0.1, -0.05) is 16.9 Å². The molecular formula is C20H32N2O3S2. The first-order valence-electron chi connectivity index (χ1n) is 9.25. The van der Waals surface area contributed by atoms with Gasteiger partial charge in [-0.15, -0.1) is 0 Å². The molecule has 0 bridgehead atoms. The summed E-state index contributed by atoms with van der Waals surface area (Å²) in [5, 5.41) is 4.03. The lowest BCUT2D eigenvalue weighted by Crippen LogP contribution is -2.44. The molecule has 7 heteroatoms. The van der Waals surface area contributed by atoms with E-state index in [0.717, 1.165) is 17.2 Å². The monoisotopic (exact) mass is 412 g/mol. The maximum atomic E-state index is 12.2. The van der Waals surface area contributed by atoms with E-state index in [1.54, 1.807) is 34.7 Å². The van der Waals surface area contributed by atoms with Crippen LogP contribution < -0.4 is 5.32 Å². The summed E-state index contributed by atoms with van der Waals surface area (Å²) < 4.78 is 5.93. The molecule has 0 atom stereocenters. The number of carbonyl (C=O) groups excluding carboxylic acids is 2. The molecule has 0 aliphatic carbocycles. The van der Waals surface area contributed by atoms with Gasteiger partial charge in [0.05, 0.1) is 5.60 Å². The second-order valence-electron chi connectivity index (χ2n) is 7.82. The van der Waals surface area contributed by atoms with Crippen LogP contribution in [0, 0.1) is 0 Å². The molecule has 1 amide bonds. The molecule has 5 nitrogen and oxygen atoms in total. The molecule has 1 heterocycles. The number of ether oxygens (including phenoxy) is 1. The predicted octanol–water partition coefficient (Wildman–Crippen LogP) is 4.66. The third-order valence-electron chi connectivity index (χ3n) is 3.97. The van der Waals surface area contributed by atoms with E-state index < -0.39 is 0 Å². The lowest BCUT2D eigenvalue weighted by molar-refractivity contribution is -0.123. The number of hydrogen-bond donors (Lipinski definition) is 1. The first-order valence-corrected chi connectivity index (χ1v) is 11.6. The number of pyridine rings is 1. The fourth-order valence-corrected chi connectivity index (χ4v) is 4.14. The molecule has 0 spiro atoms. The Bertz CT molecular complexity index is 592. The third-order valence-corrected chi connectivity index (χ3v) is 6.24. The van der Waals surface area contributed by atoms with Crippen LogP contribution in [-0.4, -0.2) is 40.2 Å². The van der Waals surface area contributed by atoms with Gasteiger partial charge < -0.3 is 14.8 Å². The molecule has 1 rings (SSSR count). The summed E-state index contributed by atoms with van der Waals surface area (Å²) in [5.41, 5.74) is -0.655. The number of nitrogens with one attached hydrogen (secondary N) is 1. The highest BCUT2D eigenvalue weighted by molar-refractivity contribution is 8.76. The van der Waals surface area contributed by atoms with E-state index in [-0.39, 0.29) is 22.8 Å². The number of hydrogen-bond acceptors (Lipinski definition) is 6. The minimum absolute atomic E-state index is 0.0463. The van der Waals surface area contributed by atoms with Crippen LogP contribution in [0.15, 0.2) is 29.4 Å². The molecule has 0 aromatic carbocycles. The number of amides is 1. The molecule has 1 aromatic rings. The molecular weight excluding hydrogens is 380 g/mol. The van der Waals surface area contributed by atoms with Crippen molar-refractivity contribution in [1.82, 2.24) is 10.3 Å². The van der Waals surface area contributed by atoms with E-state index >= 15 is 0 Å². The summed E-state index contributed by atoms with van der Waals surface area (Å²) in [6.07, 6.45) is 4.19. The minimum atomic E-state index is -0.328. The van der Waals surface area contributed by atoms with Crippen LogP contribution in [0.5, 0.6) is 0 Å². The summed E-state index contributed by atoms with van der Waals surface area (Å²) in [4.78, 5) is 27.5. The zero-order valence-electron chi connectivity index (χ0n) is 17.0. The molecule has 0 fully saturated rings. The molecule has 1 aromatic heterocycles. The molecule has 27 heavy (non-hydrogen) atoms. The van der Waals surface area contributed by atoms with E-state index in [1.807, 2.05) is 45.9 Å². The van der Waals surface area contributed by atoms with Gasteiger partial charge in [0.2, 0.25) is 5.91 Å². The number of ketones is 1. The Morgan fingerprint density at radius 2 is 1.89 bits per heavy atom. The lowest BCUT2D eigenvalue weighted by Gasteiger charge is -2.30. The molecule has 0 radical (unpaired) electrons. The van der Waals surface area contributed by atoms with Crippen molar-refractivity contribution >= 4 is 33.3 Å². The van der Waals surface area contributed by atoms with Crippen molar-refractivity contribution in [3.63, 3.8) is 0 Å². The van der Waals surface area contributed by atoms with E-state index in [9.17, 15) is 9.59 Å². The zero-order valence-corrected chi connectivity index (χ0v) is 18.7. The van der Waals surface area contributed by atoms with Crippen LogP contribution >= 0.6 is 21.6 Å². The SMILES string of the molecule is CC(=O)CCC(C)(C)OCCC(C)(C)NC(=O)CCSSc1ccccn1. The van der Waals surface area contributed by atoms with Gasteiger partial charge in [0.1, 0.15) is 10.8 Å². The zero-order chi connectivity index (χ0) is 20.3. The minimum Gasteiger partial charge on any atom is -0.375 e. The average molecular weight is 413 g/mol. The number of rotatable bonds is 13. The first kappa shape index (κ1) is 24.0. The molecule has 0 saturated carbocycles. The van der Waals surface area contributed by atoms with Gasteiger partial charge >= 0.3 is 0 Å². The lowest BCUT2D eigenvalue weighted by atomic mass is 9.99. The van der Waals surface area contributed by atoms with E-state index in [4.69, 9.17) is 4.74 Å². The number of Topliss-reactive ketones (excluding diaryl/α,β-unsaturated/α-hetero) is 1. The van der Waals surface area contributed by atoms with Crippen LogP contribution in [0.25, 0.3) is 0 Å². The Balaban J connectivity index is 2.22. The van der Waals surface area contributed by atoms with Crippen LogP contribution in [-0.2, 0) is 14.3 Å². The highest BCUT2D eigenvalue weighted by atomic mass is 33.1. The summed E-state index contributed by atoms with van der Waals surface area (Å²) in [6.45, 7) is 10.2. The molecule has 1 N–H and O–H groups in total. The standard InChI is InChI=1S/C20H32N2O3S2/c1-16(23)9-11-20(4,5)25-14-12-19(2,3)22-17(24)10-15-26-27-18-8-6-7-13-21-18/h6-8,13H,9-12,14-15H2,1-5H3,(H,22,24). The topological polar surface area (TPSA) is 68.3 Å². The second-order valence-corrected chi connectivity index (χ2v) is 10.3. The molecule has 152 valence electrons. The maximum absolute atomic E-state index is 12.2. The molecule has 0 saturated heterocycles. The van der Waals surface area contributed by atoms with Crippen LogP contribution in [0.1, 0.15) is 60.3 Å². The smallest absolute Gasteiger partial charge is 0.221 e. The van der Waals surface area contributed by atoms with Gasteiger partial charge in [0.25, 0.3) is 0 Å². The molecule has 0 aliphatic rings. The van der Waals surface area contributed by atoms with Gasteiger partial charge in [0.15, 0.2) is 0 Å². The largest absolute Gasteiger partial charge is 0.375 e. The number of nitrogens with zero attached hydrogens (tertiary/aromatic N) is 1. The van der Waals surface area contributed by atoms with Gasteiger partial charge in [-0.3, -0.25) is 4.79 Å². The van der Waals surface area contributed by atoms with Crippen molar-refractivity contribution in [3.8, 4) is 0 Å². The van der Waals surface area contributed by atoms with Crippen molar-refractivity contribution in [3.05, 3.63) is 24.4 Å². The second kappa shape index (κ2) is 11.7. The van der Waals surface area contributed by atoms with Gasteiger partial charge in [0, 0.05) is 36.9 Å². The summed E-state index contributed by atoms with van der Waals surface area (Å²) >= 11 is 0. The van der Waals surface area contributed by atoms with E-state index in [2.05, 4.69) is 10.3 Å². The Hall–Kier alpha value is -1.05. The van der Waals surface area contributed by atoms with Crippen molar-refractivity contribution in [2.24, 2.45) is 0 Å². The van der Waals surface area contributed by atoms with Gasteiger partial charge in [-0.2, -0.15) is 0 Å². The normalized spacial score (nSPS) is 12.0. The van der Waals surface area contributed by atoms with E-state index in [1.165, 1.54) is 0 Å². The number of carbonyl (C=O) groups is 2. The van der Waals surface area contributed by atoms with Crippen molar-refractivity contribution < 1.29 is 14.3 Å². The Morgan fingerprint density at radius 1 is 1.15 bits per heavy atom. The third kappa shape index (κ3) is 12.1. The van der Waals surface area contributed by atoms with E-state index in [0.29, 0.717) is 25.9 Å². The fraction of sp³-hybridized carbons (Fsp3) is 0.650. The van der Waals surface area contributed by atoms with Crippen LogP contribution in [0.4, 0.5) is 0 Å².